The van der Waals surface area contributed by atoms with Gasteiger partial charge in [-0.2, -0.15) is 0 Å². The maximum atomic E-state index is 11.5. The van der Waals surface area contributed by atoms with Crippen molar-refractivity contribution in [1.29, 1.82) is 0 Å². The fourth-order valence-electron chi connectivity index (χ4n) is 2.32. The molecule has 0 saturated carbocycles. The Bertz CT molecular complexity index is 429. The highest BCUT2D eigenvalue weighted by Crippen LogP contribution is 2.24. The average molecular weight is 355 g/mol. The molecule has 1 aromatic rings. The first-order valence-corrected chi connectivity index (χ1v) is 8.87. The third-order valence-corrected chi connectivity index (χ3v) is 4.07. The van der Waals surface area contributed by atoms with Crippen LogP contribution in [-0.4, -0.2) is 12.4 Å². The van der Waals surface area contributed by atoms with Crippen molar-refractivity contribution in [3.63, 3.8) is 0 Å². The van der Waals surface area contributed by atoms with Gasteiger partial charge in [0, 0.05) is 4.47 Å². The van der Waals surface area contributed by atoms with Crippen molar-refractivity contribution in [2.45, 2.75) is 65.2 Å². The number of Topliss-reactive ketones (excluding diaryl/α,β-unsaturated/α-hetero) is 1. The van der Waals surface area contributed by atoms with Gasteiger partial charge in [0.15, 0.2) is 5.78 Å². The lowest BCUT2D eigenvalue weighted by Crippen LogP contribution is -2.03. The number of carbonyl (C=O) groups is 1. The van der Waals surface area contributed by atoms with Crippen molar-refractivity contribution in [1.82, 2.24) is 0 Å². The van der Waals surface area contributed by atoms with Gasteiger partial charge < -0.3 is 4.74 Å². The first-order chi connectivity index (χ1) is 10.1. The van der Waals surface area contributed by atoms with E-state index in [9.17, 15) is 4.79 Å². The first kappa shape index (κ1) is 18.2. The Labute approximate surface area is 137 Å². The maximum absolute atomic E-state index is 11.5. The van der Waals surface area contributed by atoms with E-state index in [2.05, 4.69) is 22.9 Å². The summed E-state index contributed by atoms with van der Waals surface area (Å²) in [5, 5.41) is 0. The quantitative estimate of drug-likeness (QED) is 0.350. The van der Waals surface area contributed by atoms with Crippen LogP contribution in [0.4, 0.5) is 0 Å². The molecule has 1 aromatic carbocycles. The molecule has 0 bridgehead atoms. The molecule has 0 fully saturated rings. The van der Waals surface area contributed by atoms with Gasteiger partial charge in [0.25, 0.3) is 0 Å². The fraction of sp³-hybridized carbons (Fsp3) is 0.611. The van der Waals surface area contributed by atoms with Crippen molar-refractivity contribution in [2.24, 2.45) is 0 Å². The Hall–Kier alpha value is -0.830. The Morgan fingerprint density at radius 2 is 1.67 bits per heavy atom. The number of ketones is 1. The van der Waals surface area contributed by atoms with Crippen LogP contribution in [0, 0.1) is 0 Å². The number of hydrogen-bond donors (Lipinski definition) is 0. The monoisotopic (exact) mass is 354 g/mol. The second-order valence-corrected chi connectivity index (χ2v) is 6.44. The minimum atomic E-state index is 0.0495. The topological polar surface area (TPSA) is 26.3 Å². The van der Waals surface area contributed by atoms with Crippen LogP contribution in [0.3, 0.4) is 0 Å². The molecule has 0 aliphatic rings. The Morgan fingerprint density at radius 1 is 1.05 bits per heavy atom. The normalized spacial score (nSPS) is 10.6. The average Bonchev–Trinajstić information content (AvgIpc) is 2.45. The van der Waals surface area contributed by atoms with E-state index in [0.717, 1.165) is 10.9 Å². The van der Waals surface area contributed by atoms with Crippen molar-refractivity contribution in [3.8, 4) is 5.75 Å². The summed E-state index contributed by atoms with van der Waals surface area (Å²) in [6.45, 7) is 4.51. The highest BCUT2D eigenvalue weighted by atomic mass is 79.9. The number of carbonyl (C=O) groups excluding carboxylic acids is 1. The van der Waals surface area contributed by atoms with Gasteiger partial charge in [-0.15, -0.1) is 0 Å². The van der Waals surface area contributed by atoms with Gasteiger partial charge >= 0.3 is 0 Å². The van der Waals surface area contributed by atoms with Crippen LogP contribution < -0.4 is 4.74 Å². The lowest BCUT2D eigenvalue weighted by atomic mass is 10.1. The molecule has 0 saturated heterocycles. The van der Waals surface area contributed by atoms with Gasteiger partial charge in [0.2, 0.25) is 0 Å². The summed E-state index contributed by atoms with van der Waals surface area (Å²) in [5.41, 5.74) is 0.665. The summed E-state index contributed by atoms with van der Waals surface area (Å²) in [5.74, 6) is 0.744. The molecule has 0 aliphatic heterocycles. The number of benzene rings is 1. The summed E-state index contributed by atoms with van der Waals surface area (Å²) in [6.07, 6.45) is 10.3. The van der Waals surface area contributed by atoms with E-state index in [0.29, 0.717) is 17.9 Å². The van der Waals surface area contributed by atoms with Crippen molar-refractivity contribution < 1.29 is 9.53 Å². The Morgan fingerprint density at radius 3 is 2.29 bits per heavy atom. The van der Waals surface area contributed by atoms with Crippen LogP contribution in [0.5, 0.6) is 5.75 Å². The molecule has 0 spiro atoms. The zero-order chi connectivity index (χ0) is 15.5. The molecule has 0 aliphatic carbocycles. The Kier molecular flexibility index (Phi) is 9.40. The Balaban J connectivity index is 2.21. The molecule has 2 nitrogen and oxygen atoms in total. The molecule has 0 radical (unpaired) electrons. The minimum Gasteiger partial charge on any atom is -0.493 e. The largest absolute Gasteiger partial charge is 0.493 e. The van der Waals surface area contributed by atoms with E-state index in [-0.39, 0.29) is 5.78 Å². The summed E-state index contributed by atoms with van der Waals surface area (Å²) in [7, 11) is 0. The molecule has 21 heavy (non-hydrogen) atoms. The molecule has 0 unspecified atom stereocenters. The smallest absolute Gasteiger partial charge is 0.163 e. The fourth-order valence-corrected chi connectivity index (χ4v) is 2.66. The van der Waals surface area contributed by atoms with E-state index in [1.54, 1.807) is 6.92 Å². The van der Waals surface area contributed by atoms with Gasteiger partial charge in [-0.05, 0) is 31.5 Å². The first-order valence-electron chi connectivity index (χ1n) is 8.08. The van der Waals surface area contributed by atoms with Crippen LogP contribution in [0.2, 0.25) is 0 Å². The van der Waals surface area contributed by atoms with Crippen molar-refractivity contribution in [2.75, 3.05) is 6.61 Å². The highest BCUT2D eigenvalue weighted by Gasteiger charge is 2.08. The predicted octanol–water partition coefficient (Wildman–Crippen LogP) is 6.17. The van der Waals surface area contributed by atoms with E-state index in [4.69, 9.17) is 4.74 Å². The lowest BCUT2D eigenvalue weighted by molar-refractivity contribution is 0.101. The summed E-state index contributed by atoms with van der Waals surface area (Å²) >= 11 is 3.42. The summed E-state index contributed by atoms with van der Waals surface area (Å²) in [4.78, 5) is 11.5. The van der Waals surface area contributed by atoms with E-state index in [1.165, 1.54) is 44.9 Å². The zero-order valence-corrected chi connectivity index (χ0v) is 14.9. The van der Waals surface area contributed by atoms with Gasteiger partial charge in [-0.25, -0.2) is 0 Å². The lowest BCUT2D eigenvalue weighted by Gasteiger charge is -2.10. The molecule has 0 aromatic heterocycles. The number of rotatable bonds is 11. The molecular formula is C18H27BrO2. The summed E-state index contributed by atoms with van der Waals surface area (Å²) < 4.78 is 6.72. The molecular weight excluding hydrogens is 328 g/mol. The van der Waals surface area contributed by atoms with Gasteiger partial charge in [-0.3, -0.25) is 4.79 Å². The van der Waals surface area contributed by atoms with Crippen LogP contribution in [0.1, 0.15) is 75.6 Å². The van der Waals surface area contributed by atoms with Crippen LogP contribution in [-0.2, 0) is 0 Å². The molecule has 0 amide bonds. The highest BCUT2D eigenvalue weighted by molar-refractivity contribution is 9.10. The van der Waals surface area contributed by atoms with Crippen LogP contribution in [0.15, 0.2) is 22.7 Å². The molecule has 0 heterocycles. The molecule has 0 N–H and O–H groups in total. The number of ether oxygens (including phenoxy) is 1. The van der Waals surface area contributed by atoms with E-state index < -0.39 is 0 Å². The third kappa shape index (κ3) is 7.66. The molecule has 1 rings (SSSR count). The molecule has 118 valence electrons. The molecule has 3 heteroatoms. The van der Waals surface area contributed by atoms with E-state index >= 15 is 0 Å². The van der Waals surface area contributed by atoms with Crippen molar-refractivity contribution in [3.05, 3.63) is 28.2 Å². The van der Waals surface area contributed by atoms with Gasteiger partial charge in [0.05, 0.1) is 12.2 Å². The number of halogens is 1. The molecule has 0 atom stereocenters. The van der Waals surface area contributed by atoms with Gasteiger partial charge in [0.1, 0.15) is 5.75 Å². The zero-order valence-electron chi connectivity index (χ0n) is 13.3. The number of unbranched alkanes of at least 4 members (excludes halogenated alkanes) is 7. The minimum absolute atomic E-state index is 0.0495. The predicted molar refractivity (Wildman–Crippen MR) is 92.3 cm³/mol. The third-order valence-electron chi connectivity index (χ3n) is 3.58. The van der Waals surface area contributed by atoms with E-state index in [1.807, 2.05) is 18.2 Å². The van der Waals surface area contributed by atoms with Crippen LogP contribution in [0.25, 0.3) is 0 Å². The second-order valence-electron chi connectivity index (χ2n) is 5.52. The summed E-state index contributed by atoms with van der Waals surface area (Å²) in [6, 6.07) is 5.57. The second kappa shape index (κ2) is 10.8. The van der Waals surface area contributed by atoms with Crippen LogP contribution >= 0.6 is 15.9 Å². The standard InChI is InChI=1S/C18H27BrO2/c1-3-4-5-6-7-8-9-10-13-21-18-14-16(19)11-12-17(18)15(2)20/h11-12,14H,3-10,13H2,1-2H3. The van der Waals surface area contributed by atoms with Crippen molar-refractivity contribution >= 4 is 21.7 Å². The van der Waals surface area contributed by atoms with Gasteiger partial charge in [-0.1, -0.05) is 67.8 Å². The SMILES string of the molecule is CCCCCCCCCCOc1cc(Br)ccc1C(C)=O. The number of hydrogen-bond acceptors (Lipinski definition) is 2. The maximum Gasteiger partial charge on any atom is 0.163 e.